The first-order chi connectivity index (χ1) is 7.74. The number of carbonyl (C=O) groups is 1. The van der Waals surface area contributed by atoms with Crippen molar-refractivity contribution in [1.82, 2.24) is 15.2 Å². The molecule has 0 atom stereocenters. The van der Waals surface area contributed by atoms with Gasteiger partial charge in [-0.2, -0.15) is 0 Å². The van der Waals surface area contributed by atoms with Gasteiger partial charge in [0.25, 0.3) is 0 Å². The molecule has 88 valence electrons. The van der Waals surface area contributed by atoms with Crippen LogP contribution in [0.1, 0.15) is 18.4 Å². The van der Waals surface area contributed by atoms with Crippen LogP contribution in [0.4, 0.5) is 0 Å². The van der Waals surface area contributed by atoms with Crippen molar-refractivity contribution in [2.45, 2.75) is 19.4 Å². The predicted octanol–water partition coefficient (Wildman–Crippen LogP) is 1.04. The summed E-state index contributed by atoms with van der Waals surface area (Å²) in [4.78, 5) is 17.5. The van der Waals surface area contributed by atoms with Gasteiger partial charge in [-0.3, -0.25) is 9.78 Å². The maximum Gasteiger partial charge on any atom is 0.222 e. The number of nitrogens with zero attached hydrogens (tertiary/aromatic N) is 2. The van der Waals surface area contributed by atoms with Crippen LogP contribution in [-0.2, 0) is 11.3 Å². The summed E-state index contributed by atoms with van der Waals surface area (Å²) in [5, 5.41) is 3.03. The van der Waals surface area contributed by atoms with Crippen LogP contribution < -0.4 is 5.32 Å². The van der Waals surface area contributed by atoms with Crippen LogP contribution in [0.25, 0.3) is 0 Å². The molecule has 0 bridgehead atoms. The second kappa shape index (κ2) is 6.95. The summed E-state index contributed by atoms with van der Waals surface area (Å²) >= 11 is 0. The molecule has 0 spiro atoms. The molecule has 4 nitrogen and oxygen atoms in total. The van der Waals surface area contributed by atoms with Crippen LogP contribution in [0.15, 0.2) is 24.5 Å². The molecule has 0 aliphatic rings. The Morgan fingerprint density at radius 1 is 1.56 bits per heavy atom. The SMILES string of the molecule is CNCCCC(=O)N(C)Cc1cccnc1. The molecule has 0 saturated carbocycles. The van der Waals surface area contributed by atoms with Gasteiger partial charge in [0.2, 0.25) is 5.91 Å². The molecule has 4 heteroatoms. The van der Waals surface area contributed by atoms with Crippen molar-refractivity contribution >= 4 is 5.91 Å². The zero-order chi connectivity index (χ0) is 11.8. The highest BCUT2D eigenvalue weighted by atomic mass is 16.2. The Morgan fingerprint density at radius 3 is 3.00 bits per heavy atom. The maximum atomic E-state index is 11.7. The van der Waals surface area contributed by atoms with Crippen molar-refractivity contribution in [3.8, 4) is 0 Å². The Hall–Kier alpha value is -1.42. The molecule has 1 heterocycles. The fourth-order valence-corrected chi connectivity index (χ4v) is 1.46. The third-order valence-corrected chi connectivity index (χ3v) is 2.39. The van der Waals surface area contributed by atoms with E-state index in [4.69, 9.17) is 0 Å². The molecule has 0 saturated heterocycles. The minimum Gasteiger partial charge on any atom is -0.341 e. The van der Waals surface area contributed by atoms with E-state index in [1.807, 2.05) is 26.2 Å². The van der Waals surface area contributed by atoms with E-state index in [1.165, 1.54) is 0 Å². The first-order valence-electron chi connectivity index (χ1n) is 5.51. The normalized spacial score (nSPS) is 10.1. The van der Waals surface area contributed by atoms with Gasteiger partial charge < -0.3 is 10.2 Å². The number of rotatable bonds is 6. The Bertz CT molecular complexity index is 313. The van der Waals surface area contributed by atoms with E-state index >= 15 is 0 Å². The maximum absolute atomic E-state index is 11.7. The molecule has 1 N–H and O–H groups in total. The smallest absolute Gasteiger partial charge is 0.222 e. The quantitative estimate of drug-likeness (QED) is 0.730. The summed E-state index contributed by atoms with van der Waals surface area (Å²) in [6.45, 7) is 1.51. The topological polar surface area (TPSA) is 45.2 Å². The molecule has 16 heavy (non-hydrogen) atoms. The highest BCUT2D eigenvalue weighted by Crippen LogP contribution is 2.03. The standard InChI is InChI=1S/C12H19N3O/c1-13-7-4-6-12(16)15(2)10-11-5-3-8-14-9-11/h3,5,8-9,13H,4,6-7,10H2,1-2H3. The molecule has 0 aromatic carbocycles. The number of carbonyl (C=O) groups excluding carboxylic acids is 1. The average Bonchev–Trinajstić information content (AvgIpc) is 2.30. The molecule has 1 amide bonds. The second-order valence-electron chi connectivity index (χ2n) is 3.82. The molecule has 1 aromatic rings. The van der Waals surface area contributed by atoms with E-state index in [9.17, 15) is 4.79 Å². The lowest BCUT2D eigenvalue weighted by atomic mass is 10.2. The Labute approximate surface area is 96.7 Å². The molecule has 1 aromatic heterocycles. The lowest BCUT2D eigenvalue weighted by molar-refractivity contribution is -0.130. The fourth-order valence-electron chi connectivity index (χ4n) is 1.46. The van der Waals surface area contributed by atoms with Gasteiger partial charge in [0.15, 0.2) is 0 Å². The number of nitrogens with one attached hydrogen (secondary N) is 1. The van der Waals surface area contributed by atoms with Crippen molar-refractivity contribution in [2.24, 2.45) is 0 Å². The molecule has 0 aliphatic heterocycles. The van der Waals surface area contributed by atoms with Crippen LogP contribution >= 0.6 is 0 Å². The van der Waals surface area contributed by atoms with Crippen LogP contribution in [-0.4, -0.2) is 36.4 Å². The van der Waals surface area contributed by atoms with E-state index in [0.717, 1.165) is 18.5 Å². The number of pyridine rings is 1. The lowest BCUT2D eigenvalue weighted by Gasteiger charge is -2.16. The van der Waals surface area contributed by atoms with Gasteiger partial charge in [0.1, 0.15) is 0 Å². The average molecular weight is 221 g/mol. The third kappa shape index (κ3) is 4.40. The Balaban J connectivity index is 2.34. The van der Waals surface area contributed by atoms with Crippen LogP contribution in [0.2, 0.25) is 0 Å². The third-order valence-electron chi connectivity index (χ3n) is 2.39. The highest BCUT2D eigenvalue weighted by molar-refractivity contribution is 5.75. The van der Waals surface area contributed by atoms with Gasteiger partial charge in [-0.1, -0.05) is 6.07 Å². The van der Waals surface area contributed by atoms with Crippen LogP contribution in [0.3, 0.4) is 0 Å². The van der Waals surface area contributed by atoms with Gasteiger partial charge >= 0.3 is 0 Å². The summed E-state index contributed by atoms with van der Waals surface area (Å²) in [5.74, 6) is 0.180. The van der Waals surface area contributed by atoms with Crippen LogP contribution in [0.5, 0.6) is 0 Å². The van der Waals surface area contributed by atoms with Crippen molar-refractivity contribution < 1.29 is 4.79 Å². The van der Waals surface area contributed by atoms with E-state index < -0.39 is 0 Å². The number of hydrogen-bond donors (Lipinski definition) is 1. The Morgan fingerprint density at radius 2 is 2.38 bits per heavy atom. The zero-order valence-corrected chi connectivity index (χ0v) is 9.94. The summed E-state index contributed by atoms with van der Waals surface area (Å²) in [6, 6.07) is 3.86. The lowest BCUT2D eigenvalue weighted by Crippen LogP contribution is -2.26. The number of amides is 1. The minimum atomic E-state index is 0.180. The fraction of sp³-hybridized carbons (Fsp3) is 0.500. The van der Waals surface area contributed by atoms with Gasteiger partial charge in [0, 0.05) is 32.4 Å². The number of hydrogen-bond acceptors (Lipinski definition) is 3. The summed E-state index contributed by atoms with van der Waals surface area (Å²) < 4.78 is 0. The van der Waals surface area contributed by atoms with Crippen molar-refractivity contribution in [3.05, 3.63) is 30.1 Å². The predicted molar refractivity (Wildman–Crippen MR) is 63.9 cm³/mol. The molecule has 0 unspecified atom stereocenters. The van der Waals surface area contributed by atoms with E-state index in [0.29, 0.717) is 13.0 Å². The monoisotopic (exact) mass is 221 g/mol. The summed E-state index contributed by atoms with van der Waals surface area (Å²) in [7, 11) is 3.72. The van der Waals surface area contributed by atoms with Crippen molar-refractivity contribution in [1.29, 1.82) is 0 Å². The largest absolute Gasteiger partial charge is 0.341 e. The highest BCUT2D eigenvalue weighted by Gasteiger charge is 2.08. The molecule has 0 aliphatic carbocycles. The van der Waals surface area contributed by atoms with E-state index in [1.54, 1.807) is 17.3 Å². The molecule has 1 rings (SSSR count). The summed E-state index contributed by atoms with van der Waals surface area (Å²) in [5.41, 5.74) is 1.06. The first kappa shape index (κ1) is 12.6. The van der Waals surface area contributed by atoms with Gasteiger partial charge in [-0.15, -0.1) is 0 Å². The van der Waals surface area contributed by atoms with Gasteiger partial charge in [-0.25, -0.2) is 0 Å². The van der Waals surface area contributed by atoms with E-state index in [-0.39, 0.29) is 5.91 Å². The van der Waals surface area contributed by atoms with Gasteiger partial charge in [0.05, 0.1) is 0 Å². The first-order valence-corrected chi connectivity index (χ1v) is 5.51. The molecule has 0 radical (unpaired) electrons. The molecular weight excluding hydrogens is 202 g/mol. The second-order valence-corrected chi connectivity index (χ2v) is 3.82. The van der Waals surface area contributed by atoms with Crippen LogP contribution in [0, 0.1) is 0 Å². The number of aromatic nitrogens is 1. The molecule has 0 fully saturated rings. The van der Waals surface area contributed by atoms with Crippen molar-refractivity contribution in [2.75, 3.05) is 20.6 Å². The van der Waals surface area contributed by atoms with Crippen molar-refractivity contribution in [3.63, 3.8) is 0 Å². The summed E-state index contributed by atoms with van der Waals surface area (Å²) in [6.07, 6.45) is 5.00. The zero-order valence-electron chi connectivity index (χ0n) is 9.94. The minimum absolute atomic E-state index is 0.180. The van der Waals surface area contributed by atoms with Gasteiger partial charge in [-0.05, 0) is 31.6 Å². The molecular formula is C12H19N3O. The van der Waals surface area contributed by atoms with E-state index in [2.05, 4.69) is 10.3 Å². The Kier molecular flexibility index (Phi) is 5.50.